The molecular formula is C14H23NOS. The van der Waals surface area contributed by atoms with Crippen molar-refractivity contribution in [2.24, 2.45) is 0 Å². The van der Waals surface area contributed by atoms with E-state index >= 15 is 0 Å². The smallest absolute Gasteiger partial charge is 0.0697 e. The number of hydrogen-bond acceptors (Lipinski definition) is 3. The maximum Gasteiger partial charge on any atom is 0.0697 e. The second kappa shape index (κ2) is 5.98. The summed E-state index contributed by atoms with van der Waals surface area (Å²) in [6.07, 6.45) is 6.05. The van der Waals surface area contributed by atoms with E-state index in [9.17, 15) is 0 Å². The van der Waals surface area contributed by atoms with Crippen LogP contribution in [0.5, 0.6) is 0 Å². The molecule has 1 aliphatic carbocycles. The van der Waals surface area contributed by atoms with Crippen molar-refractivity contribution in [3.63, 3.8) is 0 Å². The molecule has 0 aromatic carbocycles. The summed E-state index contributed by atoms with van der Waals surface area (Å²) in [6.45, 7) is 3.30. The molecule has 96 valence electrons. The van der Waals surface area contributed by atoms with Gasteiger partial charge in [0.1, 0.15) is 0 Å². The highest BCUT2D eigenvalue weighted by Crippen LogP contribution is 2.42. The number of thiophene rings is 1. The second-order valence-corrected chi connectivity index (χ2v) is 5.79. The van der Waals surface area contributed by atoms with Crippen molar-refractivity contribution in [1.82, 2.24) is 5.32 Å². The molecule has 1 unspecified atom stereocenters. The van der Waals surface area contributed by atoms with Gasteiger partial charge in [-0.2, -0.15) is 11.3 Å². The standard InChI is InChI=1S/C14H23NOS/c1-3-8-15-13(12-5-9-17-11-12)10-14(16-2)6-4-7-14/h5,9,11,13,15H,3-4,6-8,10H2,1-2H3. The fraction of sp³-hybridized carbons (Fsp3) is 0.714. The minimum absolute atomic E-state index is 0.146. The summed E-state index contributed by atoms with van der Waals surface area (Å²) in [6, 6.07) is 2.70. The van der Waals surface area contributed by atoms with Crippen LogP contribution in [0.2, 0.25) is 0 Å². The SMILES string of the molecule is CCCNC(CC1(OC)CCC1)c1ccsc1. The van der Waals surface area contributed by atoms with Gasteiger partial charge in [0.25, 0.3) is 0 Å². The Morgan fingerprint density at radius 2 is 2.35 bits per heavy atom. The highest BCUT2D eigenvalue weighted by molar-refractivity contribution is 7.07. The van der Waals surface area contributed by atoms with Crippen molar-refractivity contribution in [1.29, 1.82) is 0 Å². The van der Waals surface area contributed by atoms with Gasteiger partial charge in [0, 0.05) is 13.2 Å². The lowest BCUT2D eigenvalue weighted by Gasteiger charge is -2.43. The van der Waals surface area contributed by atoms with Crippen LogP contribution in [0.25, 0.3) is 0 Å². The zero-order valence-corrected chi connectivity index (χ0v) is 11.7. The molecule has 0 radical (unpaired) electrons. The first-order valence-electron chi connectivity index (χ1n) is 6.60. The van der Waals surface area contributed by atoms with Crippen LogP contribution in [0.3, 0.4) is 0 Å². The van der Waals surface area contributed by atoms with Gasteiger partial charge in [-0.15, -0.1) is 0 Å². The van der Waals surface area contributed by atoms with Gasteiger partial charge in [0.05, 0.1) is 5.60 Å². The molecule has 2 nitrogen and oxygen atoms in total. The second-order valence-electron chi connectivity index (χ2n) is 5.01. The third-order valence-electron chi connectivity index (χ3n) is 3.86. The van der Waals surface area contributed by atoms with Crippen molar-refractivity contribution in [2.45, 2.75) is 50.7 Å². The van der Waals surface area contributed by atoms with E-state index in [4.69, 9.17) is 4.74 Å². The molecule has 0 saturated heterocycles. The summed E-state index contributed by atoms with van der Waals surface area (Å²) in [7, 11) is 1.86. The summed E-state index contributed by atoms with van der Waals surface area (Å²) in [5.74, 6) is 0. The van der Waals surface area contributed by atoms with E-state index in [1.807, 2.05) is 7.11 Å². The zero-order valence-electron chi connectivity index (χ0n) is 10.9. The lowest BCUT2D eigenvalue weighted by molar-refractivity contribution is -0.0837. The molecule has 1 heterocycles. The number of methoxy groups -OCH3 is 1. The molecule has 0 amide bonds. The molecule has 0 bridgehead atoms. The molecule has 0 spiro atoms. The molecule has 1 atom stereocenters. The van der Waals surface area contributed by atoms with Crippen LogP contribution in [0.4, 0.5) is 0 Å². The average molecular weight is 253 g/mol. The van der Waals surface area contributed by atoms with Gasteiger partial charge in [-0.1, -0.05) is 6.92 Å². The Labute approximate surface area is 108 Å². The minimum Gasteiger partial charge on any atom is -0.378 e. The van der Waals surface area contributed by atoms with Gasteiger partial charge >= 0.3 is 0 Å². The first kappa shape index (κ1) is 13.1. The van der Waals surface area contributed by atoms with Crippen LogP contribution >= 0.6 is 11.3 Å². The lowest BCUT2D eigenvalue weighted by Crippen LogP contribution is -2.42. The fourth-order valence-electron chi connectivity index (χ4n) is 2.53. The Morgan fingerprint density at radius 3 is 2.82 bits per heavy atom. The monoisotopic (exact) mass is 253 g/mol. The highest BCUT2D eigenvalue weighted by atomic mass is 32.1. The Balaban J connectivity index is 2.00. The molecule has 2 rings (SSSR count). The Hall–Kier alpha value is -0.380. The van der Waals surface area contributed by atoms with E-state index in [1.165, 1.54) is 31.2 Å². The summed E-state index contributed by atoms with van der Waals surface area (Å²) in [5, 5.41) is 8.08. The highest BCUT2D eigenvalue weighted by Gasteiger charge is 2.39. The predicted octanol–water partition coefficient (Wildman–Crippen LogP) is 3.75. The van der Waals surface area contributed by atoms with E-state index in [2.05, 4.69) is 29.1 Å². The van der Waals surface area contributed by atoms with Crippen LogP contribution in [0, 0.1) is 0 Å². The average Bonchev–Trinajstić information content (AvgIpc) is 2.81. The quantitative estimate of drug-likeness (QED) is 0.799. The number of hydrogen-bond donors (Lipinski definition) is 1. The largest absolute Gasteiger partial charge is 0.378 e. The van der Waals surface area contributed by atoms with Gasteiger partial charge in [-0.3, -0.25) is 0 Å². The van der Waals surface area contributed by atoms with Crippen molar-refractivity contribution < 1.29 is 4.74 Å². The van der Waals surface area contributed by atoms with Crippen LogP contribution in [-0.4, -0.2) is 19.3 Å². The third kappa shape index (κ3) is 3.09. The summed E-state index contributed by atoms with van der Waals surface area (Å²) < 4.78 is 5.75. The van der Waals surface area contributed by atoms with Gasteiger partial charge < -0.3 is 10.1 Å². The van der Waals surface area contributed by atoms with Crippen LogP contribution in [0.15, 0.2) is 16.8 Å². The Bertz CT molecular complexity index is 313. The van der Waals surface area contributed by atoms with E-state index < -0.39 is 0 Å². The van der Waals surface area contributed by atoms with Gasteiger partial charge in [-0.25, -0.2) is 0 Å². The maximum absolute atomic E-state index is 5.75. The van der Waals surface area contributed by atoms with Crippen LogP contribution < -0.4 is 5.32 Å². The number of rotatable bonds is 7. The molecule has 1 aliphatic rings. The summed E-state index contributed by atoms with van der Waals surface area (Å²) >= 11 is 1.78. The van der Waals surface area contributed by atoms with Crippen molar-refractivity contribution in [3.05, 3.63) is 22.4 Å². The first-order valence-corrected chi connectivity index (χ1v) is 7.54. The van der Waals surface area contributed by atoms with E-state index in [1.54, 1.807) is 11.3 Å². The van der Waals surface area contributed by atoms with Crippen molar-refractivity contribution in [2.75, 3.05) is 13.7 Å². The number of ether oxygens (including phenoxy) is 1. The predicted molar refractivity (Wildman–Crippen MR) is 73.6 cm³/mol. The molecule has 1 fully saturated rings. The van der Waals surface area contributed by atoms with Gasteiger partial charge in [-0.05, 0) is 61.0 Å². The Kier molecular flexibility index (Phi) is 4.60. The van der Waals surface area contributed by atoms with Crippen molar-refractivity contribution >= 4 is 11.3 Å². The third-order valence-corrected chi connectivity index (χ3v) is 4.56. The molecule has 1 N–H and O–H groups in total. The van der Waals surface area contributed by atoms with Gasteiger partial charge in [0.2, 0.25) is 0 Å². The summed E-state index contributed by atoms with van der Waals surface area (Å²) in [5.41, 5.74) is 1.57. The lowest BCUT2D eigenvalue weighted by atomic mass is 9.75. The van der Waals surface area contributed by atoms with Crippen LogP contribution in [0.1, 0.15) is 50.6 Å². The molecular weight excluding hydrogens is 230 g/mol. The zero-order chi connectivity index (χ0) is 12.1. The Morgan fingerprint density at radius 1 is 1.53 bits per heavy atom. The summed E-state index contributed by atoms with van der Waals surface area (Å²) in [4.78, 5) is 0. The molecule has 1 saturated carbocycles. The maximum atomic E-state index is 5.75. The van der Waals surface area contributed by atoms with E-state index in [-0.39, 0.29) is 5.60 Å². The topological polar surface area (TPSA) is 21.3 Å². The normalized spacial score (nSPS) is 19.9. The van der Waals surface area contributed by atoms with Crippen molar-refractivity contribution in [3.8, 4) is 0 Å². The molecule has 1 aromatic rings. The molecule has 0 aliphatic heterocycles. The number of nitrogens with one attached hydrogen (secondary N) is 1. The molecule has 17 heavy (non-hydrogen) atoms. The molecule has 3 heteroatoms. The first-order chi connectivity index (χ1) is 8.29. The van der Waals surface area contributed by atoms with Crippen LogP contribution in [-0.2, 0) is 4.74 Å². The minimum atomic E-state index is 0.146. The fourth-order valence-corrected chi connectivity index (χ4v) is 3.25. The van der Waals surface area contributed by atoms with Gasteiger partial charge in [0.15, 0.2) is 0 Å². The molecule has 1 aromatic heterocycles. The van der Waals surface area contributed by atoms with E-state index in [0.29, 0.717) is 6.04 Å². The van der Waals surface area contributed by atoms with E-state index in [0.717, 1.165) is 13.0 Å².